The number of rotatable bonds is 6. The fourth-order valence-corrected chi connectivity index (χ4v) is 3.47. The lowest BCUT2D eigenvalue weighted by Crippen LogP contribution is -2.22. The number of methoxy groups -OCH3 is 3. The van der Waals surface area contributed by atoms with Crippen molar-refractivity contribution in [1.29, 1.82) is 0 Å². The first-order valence-corrected chi connectivity index (χ1v) is 9.13. The summed E-state index contributed by atoms with van der Waals surface area (Å²) in [6.45, 7) is 0.250. The Morgan fingerprint density at radius 1 is 0.897 bits per heavy atom. The predicted octanol–water partition coefficient (Wildman–Crippen LogP) is 4.54. The van der Waals surface area contributed by atoms with Crippen LogP contribution in [-0.2, 0) is 6.54 Å². The Balaban J connectivity index is 1.60. The van der Waals surface area contributed by atoms with Crippen molar-refractivity contribution in [2.24, 2.45) is 0 Å². The molecule has 0 spiro atoms. The molecule has 0 atom stereocenters. The summed E-state index contributed by atoms with van der Waals surface area (Å²) >= 11 is 0. The topological polar surface area (TPSA) is 69.9 Å². The minimum atomic E-state index is -0.304. The number of hydrogen-bond acceptors (Lipinski definition) is 5. The van der Waals surface area contributed by atoms with Crippen LogP contribution in [0.4, 0.5) is 0 Å². The summed E-state index contributed by atoms with van der Waals surface area (Å²) in [7, 11) is 4.65. The fourth-order valence-electron chi connectivity index (χ4n) is 3.47. The second-order valence-corrected chi connectivity index (χ2v) is 6.49. The van der Waals surface area contributed by atoms with Crippen molar-refractivity contribution in [2.75, 3.05) is 21.3 Å². The van der Waals surface area contributed by atoms with Crippen molar-refractivity contribution >= 4 is 27.6 Å². The standard InChI is InChI=1S/C23H21NO5/c1-26-19-11-9-15(21(27-2)22(19)28-3)13-24-23(25)20-12-17-16-7-5-4-6-14(16)8-10-18(17)29-20/h4-12H,13H2,1-3H3,(H,24,25). The van der Waals surface area contributed by atoms with Gasteiger partial charge in [0.2, 0.25) is 5.75 Å². The number of hydrogen-bond donors (Lipinski definition) is 1. The molecule has 0 bridgehead atoms. The molecular weight excluding hydrogens is 370 g/mol. The van der Waals surface area contributed by atoms with Gasteiger partial charge in [-0.1, -0.05) is 30.3 Å². The molecule has 0 fully saturated rings. The maximum Gasteiger partial charge on any atom is 0.287 e. The molecule has 148 valence electrons. The molecule has 4 aromatic rings. The summed E-state index contributed by atoms with van der Waals surface area (Å²) in [6.07, 6.45) is 0. The van der Waals surface area contributed by atoms with Crippen LogP contribution in [-0.4, -0.2) is 27.2 Å². The molecule has 1 N–H and O–H groups in total. The van der Waals surface area contributed by atoms with E-state index in [1.54, 1.807) is 33.5 Å². The third-order valence-corrected chi connectivity index (χ3v) is 4.87. The van der Waals surface area contributed by atoms with E-state index in [1.165, 1.54) is 0 Å². The van der Waals surface area contributed by atoms with Crippen molar-refractivity contribution in [2.45, 2.75) is 6.54 Å². The van der Waals surface area contributed by atoms with Gasteiger partial charge in [0.05, 0.1) is 21.3 Å². The first-order valence-electron chi connectivity index (χ1n) is 9.13. The van der Waals surface area contributed by atoms with Crippen molar-refractivity contribution in [1.82, 2.24) is 5.32 Å². The molecule has 3 aromatic carbocycles. The average Bonchev–Trinajstić information content (AvgIpc) is 3.21. The van der Waals surface area contributed by atoms with Crippen LogP contribution in [0.5, 0.6) is 17.2 Å². The van der Waals surface area contributed by atoms with Crippen LogP contribution < -0.4 is 19.5 Å². The zero-order chi connectivity index (χ0) is 20.4. The van der Waals surface area contributed by atoms with Crippen molar-refractivity contribution in [3.8, 4) is 17.2 Å². The summed E-state index contributed by atoms with van der Waals surface area (Å²) in [5.41, 5.74) is 1.44. The second kappa shape index (κ2) is 7.75. The molecule has 0 aliphatic carbocycles. The Kier molecular flexibility index (Phi) is 4.99. The molecule has 0 unspecified atom stereocenters. The first kappa shape index (κ1) is 18.7. The number of benzene rings is 3. The van der Waals surface area contributed by atoms with Gasteiger partial charge in [-0.15, -0.1) is 0 Å². The van der Waals surface area contributed by atoms with Crippen LogP contribution in [0.1, 0.15) is 16.1 Å². The maximum atomic E-state index is 12.7. The van der Waals surface area contributed by atoms with E-state index in [0.717, 1.165) is 21.7 Å². The Labute approximate surface area is 168 Å². The maximum absolute atomic E-state index is 12.7. The molecule has 0 aliphatic heterocycles. The zero-order valence-corrected chi connectivity index (χ0v) is 16.4. The normalized spacial score (nSPS) is 10.9. The summed E-state index contributed by atoms with van der Waals surface area (Å²) in [4.78, 5) is 12.7. The summed E-state index contributed by atoms with van der Waals surface area (Å²) < 4.78 is 21.9. The fraction of sp³-hybridized carbons (Fsp3) is 0.174. The lowest BCUT2D eigenvalue weighted by Gasteiger charge is -2.15. The number of furan rings is 1. The Morgan fingerprint density at radius 3 is 2.45 bits per heavy atom. The number of nitrogens with one attached hydrogen (secondary N) is 1. The van der Waals surface area contributed by atoms with Gasteiger partial charge in [0.15, 0.2) is 17.3 Å². The lowest BCUT2D eigenvalue weighted by molar-refractivity contribution is 0.0925. The molecule has 6 heteroatoms. The van der Waals surface area contributed by atoms with Crippen LogP contribution in [0.25, 0.3) is 21.7 Å². The predicted molar refractivity (Wildman–Crippen MR) is 111 cm³/mol. The number of ether oxygens (including phenoxy) is 3. The Bertz CT molecular complexity index is 1190. The van der Waals surface area contributed by atoms with Gasteiger partial charge in [0, 0.05) is 17.5 Å². The van der Waals surface area contributed by atoms with E-state index in [-0.39, 0.29) is 18.2 Å². The minimum Gasteiger partial charge on any atom is -0.493 e. The van der Waals surface area contributed by atoms with Crippen LogP contribution >= 0.6 is 0 Å². The first-order chi connectivity index (χ1) is 14.2. The van der Waals surface area contributed by atoms with Crippen LogP contribution in [0.2, 0.25) is 0 Å². The molecule has 1 amide bonds. The monoisotopic (exact) mass is 391 g/mol. The number of carbonyl (C=O) groups is 1. The SMILES string of the molecule is COc1ccc(CNC(=O)c2cc3c(ccc4ccccc43)o2)c(OC)c1OC. The molecule has 4 rings (SSSR count). The number of amides is 1. The molecular formula is C23H21NO5. The van der Waals surface area contributed by atoms with Gasteiger partial charge in [-0.25, -0.2) is 0 Å². The van der Waals surface area contributed by atoms with E-state index >= 15 is 0 Å². The number of carbonyl (C=O) groups excluding carboxylic acids is 1. The smallest absolute Gasteiger partial charge is 0.287 e. The zero-order valence-electron chi connectivity index (χ0n) is 16.4. The van der Waals surface area contributed by atoms with Crippen LogP contribution in [0, 0.1) is 0 Å². The third kappa shape index (κ3) is 3.33. The van der Waals surface area contributed by atoms with Crippen LogP contribution in [0.15, 0.2) is 59.0 Å². The van der Waals surface area contributed by atoms with Gasteiger partial charge in [-0.3, -0.25) is 4.79 Å². The van der Waals surface area contributed by atoms with Gasteiger partial charge < -0.3 is 23.9 Å². The van der Waals surface area contributed by atoms with Crippen molar-refractivity contribution in [3.05, 3.63) is 65.9 Å². The summed E-state index contributed by atoms with van der Waals surface area (Å²) in [6, 6.07) is 17.2. The van der Waals surface area contributed by atoms with Gasteiger partial charge >= 0.3 is 0 Å². The average molecular weight is 391 g/mol. The van der Waals surface area contributed by atoms with Crippen LogP contribution in [0.3, 0.4) is 0 Å². The molecule has 0 saturated heterocycles. The van der Waals surface area contributed by atoms with Gasteiger partial charge in [0.1, 0.15) is 5.58 Å². The van der Waals surface area contributed by atoms with E-state index < -0.39 is 0 Å². The highest BCUT2D eigenvalue weighted by Gasteiger charge is 2.18. The van der Waals surface area contributed by atoms with E-state index in [9.17, 15) is 4.79 Å². The molecule has 6 nitrogen and oxygen atoms in total. The van der Waals surface area contributed by atoms with Crippen molar-refractivity contribution in [3.63, 3.8) is 0 Å². The summed E-state index contributed by atoms with van der Waals surface area (Å²) in [5, 5.41) is 5.94. The Morgan fingerprint density at radius 2 is 1.69 bits per heavy atom. The van der Waals surface area contributed by atoms with E-state index in [2.05, 4.69) is 5.32 Å². The molecule has 0 aliphatic rings. The van der Waals surface area contributed by atoms with Gasteiger partial charge in [-0.2, -0.15) is 0 Å². The van der Waals surface area contributed by atoms with Crippen molar-refractivity contribution < 1.29 is 23.4 Å². The van der Waals surface area contributed by atoms with E-state index in [4.69, 9.17) is 18.6 Å². The van der Waals surface area contributed by atoms with Gasteiger partial charge in [0.25, 0.3) is 5.91 Å². The quantitative estimate of drug-likeness (QED) is 0.522. The van der Waals surface area contributed by atoms with E-state index in [0.29, 0.717) is 22.8 Å². The highest BCUT2D eigenvalue weighted by Crippen LogP contribution is 2.39. The lowest BCUT2D eigenvalue weighted by atomic mass is 10.1. The molecule has 29 heavy (non-hydrogen) atoms. The van der Waals surface area contributed by atoms with Gasteiger partial charge in [-0.05, 0) is 35.0 Å². The molecule has 1 aromatic heterocycles. The molecule has 1 heterocycles. The molecule has 0 saturated carbocycles. The number of fused-ring (bicyclic) bond motifs is 3. The largest absolute Gasteiger partial charge is 0.493 e. The highest BCUT2D eigenvalue weighted by molar-refractivity contribution is 6.08. The second-order valence-electron chi connectivity index (χ2n) is 6.49. The minimum absolute atomic E-state index is 0.250. The molecule has 0 radical (unpaired) electrons. The van der Waals surface area contributed by atoms with E-state index in [1.807, 2.05) is 42.5 Å². The highest BCUT2D eigenvalue weighted by atomic mass is 16.5. The summed E-state index contributed by atoms with van der Waals surface area (Å²) in [5.74, 6) is 1.52. The third-order valence-electron chi connectivity index (χ3n) is 4.87. The Hall–Kier alpha value is -3.67.